The number of aromatic nitrogens is 3. The predicted molar refractivity (Wildman–Crippen MR) is 112 cm³/mol. The molecule has 2 aromatic heterocycles. The van der Waals surface area contributed by atoms with E-state index in [0.29, 0.717) is 11.3 Å². The summed E-state index contributed by atoms with van der Waals surface area (Å²) >= 11 is 0. The van der Waals surface area contributed by atoms with Crippen molar-refractivity contribution < 1.29 is 4.79 Å². The van der Waals surface area contributed by atoms with Crippen LogP contribution in [0.1, 0.15) is 33.0 Å². The first-order valence-electron chi connectivity index (χ1n) is 9.25. The van der Waals surface area contributed by atoms with E-state index in [-0.39, 0.29) is 5.91 Å². The van der Waals surface area contributed by atoms with Gasteiger partial charge in [0, 0.05) is 5.39 Å². The zero-order valence-electron chi connectivity index (χ0n) is 16.4. The summed E-state index contributed by atoms with van der Waals surface area (Å²) in [5, 5.41) is 8.60. The number of hydrogen-bond acceptors (Lipinski definition) is 3. The normalized spacial score (nSPS) is 11.0. The van der Waals surface area contributed by atoms with Gasteiger partial charge in [0.1, 0.15) is 0 Å². The SMILES string of the molecule is Cc1ccc2nc(C)c(C(=O)Nc3c(C)nn(-c4ccccc4)c3C)cc2c1. The summed E-state index contributed by atoms with van der Waals surface area (Å²) in [6.45, 7) is 7.75. The van der Waals surface area contributed by atoms with Crippen molar-refractivity contribution in [3.05, 3.63) is 82.8 Å². The minimum absolute atomic E-state index is 0.174. The van der Waals surface area contributed by atoms with E-state index in [1.165, 1.54) is 0 Å². The highest BCUT2D eigenvalue weighted by molar-refractivity contribution is 6.07. The number of nitrogens with one attached hydrogen (secondary N) is 1. The summed E-state index contributed by atoms with van der Waals surface area (Å²) < 4.78 is 1.85. The van der Waals surface area contributed by atoms with Crippen molar-refractivity contribution in [2.45, 2.75) is 27.7 Å². The van der Waals surface area contributed by atoms with E-state index in [9.17, 15) is 4.79 Å². The smallest absolute Gasteiger partial charge is 0.257 e. The molecule has 0 aliphatic rings. The third-order valence-electron chi connectivity index (χ3n) is 4.94. The number of para-hydroxylation sites is 1. The van der Waals surface area contributed by atoms with Crippen molar-refractivity contribution in [1.82, 2.24) is 14.8 Å². The molecule has 0 unspecified atom stereocenters. The molecule has 5 heteroatoms. The van der Waals surface area contributed by atoms with Gasteiger partial charge in [-0.2, -0.15) is 5.10 Å². The Morgan fingerprint density at radius 3 is 2.43 bits per heavy atom. The molecule has 28 heavy (non-hydrogen) atoms. The quantitative estimate of drug-likeness (QED) is 0.558. The molecule has 0 radical (unpaired) electrons. The Balaban J connectivity index is 1.70. The van der Waals surface area contributed by atoms with Crippen molar-refractivity contribution in [2.24, 2.45) is 0 Å². The van der Waals surface area contributed by atoms with E-state index < -0.39 is 0 Å². The van der Waals surface area contributed by atoms with Gasteiger partial charge in [-0.3, -0.25) is 9.78 Å². The minimum Gasteiger partial charge on any atom is -0.319 e. The van der Waals surface area contributed by atoms with Gasteiger partial charge >= 0.3 is 0 Å². The number of benzene rings is 2. The summed E-state index contributed by atoms with van der Waals surface area (Å²) in [6, 6.07) is 17.8. The molecule has 0 aliphatic carbocycles. The molecule has 0 saturated carbocycles. The molecule has 0 aliphatic heterocycles. The average molecular weight is 370 g/mol. The zero-order valence-corrected chi connectivity index (χ0v) is 16.4. The number of amides is 1. The molecule has 2 aromatic carbocycles. The molecular weight excluding hydrogens is 348 g/mol. The molecule has 2 heterocycles. The molecule has 0 saturated heterocycles. The lowest BCUT2D eigenvalue weighted by Gasteiger charge is -2.10. The fraction of sp³-hybridized carbons (Fsp3) is 0.174. The molecule has 1 N–H and O–H groups in total. The standard InChI is InChI=1S/C23H22N4O/c1-14-10-11-21-18(12-14)13-20(15(2)24-21)23(28)25-22-16(3)26-27(17(22)4)19-8-6-5-7-9-19/h5-13H,1-4H3,(H,25,28). The van der Waals surface area contributed by atoms with Crippen molar-refractivity contribution >= 4 is 22.5 Å². The summed E-state index contributed by atoms with van der Waals surface area (Å²) in [7, 11) is 0. The Labute approximate surface area is 164 Å². The number of hydrogen-bond donors (Lipinski definition) is 1. The topological polar surface area (TPSA) is 59.8 Å². The van der Waals surface area contributed by atoms with Crippen molar-refractivity contribution in [3.8, 4) is 5.69 Å². The highest BCUT2D eigenvalue weighted by Crippen LogP contribution is 2.25. The molecular formula is C23H22N4O. The van der Waals surface area contributed by atoms with Gasteiger partial charge in [-0.15, -0.1) is 0 Å². The van der Waals surface area contributed by atoms with Crippen LogP contribution in [0.25, 0.3) is 16.6 Å². The summed E-state index contributed by atoms with van der Waals surface area (Å²) in [6.07, 6.45) is 0. The Morgan fingerprint density at radius 2 is 1.68 bits per heavy atom. The molecule has 0 fully saturated rings. The van der Waals surface area contributed by atoms with Gasteiger partial charge in [-0.1, -0.05) is 29.8 Å². The number of carbonyl (C=O) groups is 1. The van der Waals surface area contributed by atoms with Gasteiger partial charge in [-0.05, 0) is 58.0 Å². The maximum atomic E-state index is 13.0. The molecule has 4 aromatic rings. The highest BCUT2D eigenvalue weighted by atomic mass is 16.1. The van der Waals surface area contributed by atoms with E-state index in [2.05, 4.69) is 15.4 Å². The van der Waals surface area contributed by atoms with Crippen LogP contribution in [0.15, 0.2) is 54.6 Å². The maximum Gasteiger partial charge on any atom is 0.257 e. The molecule has 0 bridgehead atoms. The number of aryl methyl sites for hydroxylation is 3. The fourth-order valence-electron chi connectivity index (χ4n) is 3.45. The Bertz CT molecular complexity index is 1190. The number of pyridine rings is 1. The highest BCUT2D eigenvalue weighted by Gasteiger charge is 2.18. The Morgan fingerprint density at radius 1 is 0.929 bits per heavy atom. The molecule has 1 amide bonds. The fourth-order valence-corrected chi connectivity index (χ4v) is 3.45. The van der Waals surface area contributed by atoms with Gasteiger partial charge in [0.2, 0.25) is 0 Å². The molecule has 4 rings (SSSR count). The first-order valence-corrected chi connectivity index (χ1v) is 9.25. The second kappa shape index (κ2) is 6.93. The zero-order chi connectivity index (χ0) is 19.8. The summed E-state index contributed by atoms with van der Waals surface area (Å²) in [5.41, 5.74) is 6.67. The van der Waals surface area contributed by atoms with E-state index in [4.69, 9.17) is 0 Å². The number of anilines is 1. The van der Waals surface area contributed by atoms with Crippen LogP contribution in [0, 0.1) is 27.7 Å². The minimum atomic E-state index is -0.174. The lowest BCUT2D eigenvalue weighted by atomic mass is 10.1. The number of carbonyl (C=O) groups excluding carboxylic acids is 1. The van der Waals surface area contributed by atoms with Crippen LogP contribution in [-0.4, -0.2) is 20.7 Å². The van der Waals surface area contributed by atoms with E-state index in [1.54, 1.807) is 0 Å². The van der Waals surface area contributed by atoms with Crippen LogP contribution >= 0.6 is 0 Å². The van der Waals surface area contributed by atoms with Gasteiger partial charge in [0.05, 0.1) is 39.5 Å². The van der Waals surface area contributed by atoms with Crippen LogP contribution in [0.3, 0.4) is 0 Å². The predicted octanol–water partition coefficient (Wildman–Crippen LogP) is 4.91. The Hall–Kier alpha value is -3.47. The third kappa shape index (κ3) is 3.16. The van der Waals surface area contributed by atoms with Gasteiger partial charge in [-0.25, -0.2) is 4.68 Å². The largest absolute Gasteiger partial charge is 0.319 e. The Kier molecular flexibility index (Phi) is 4.43. The van der Waals surface area contributed by atoms with Gasteiger partial charge in [0.25, 0.3) is 5.91 Å². The second-order valence-electron chi connectivity index (χ2n) is 7.06. The third-order valence-corrected chi connectivity index (χ3v) is 4.94. The lowest BCUT2D eigenvalue weighted by Crippen LogP contribution is -2.15. The summed E-state index contributed by atoms with van der Waals surface area (Å²) in [5.74, 6) is -0.174. The van der Waals surface area contributed by atoms with Crippen LogP contribution in [-0.2, 0) is 0 Å². The van der Waals surface area contributed by atoms with Crippen molar-refractivity contribution in [1.29, 1.82) is 0 Å². The van der Waals surface area contributed by atoms with Crippen LogP contribution in [0.2, 0.25) is 0 Å². The second-order valence-corrected chi connectivity index (χ2v) is 7.06. The first kappa shape index (κ1) is 17.9. The molecule has 140 valence electrons. The first-order chi connectivity index (χ1) is 13.4. The van der Waals surface area contributed by atoms with Crippen LogP contribution in [0.4, 0.5) is 5.69 Å². The molecule has 0 atom stereocenters. The van der Waals surface area contributed by atoms with E-state index >= 15 is 0 Å². The number of nitrogens with zero attached hydrogens (tertiary/aromatic N) is 3. The lowest BCUT2D eigenvalue weighted by molar-refractivity contribution is 0.102. The maximum absolute atomic E-state index is 13.0. The summed E-state index contributed by atoms with van der Waals surface area (Å²) in [4.78, 5) is 17.6. The number of rotatable bonds is 3. The van der Waals surface area contributed by atoms with E-state index in [1.807, 2.05) is 87.0 Å². The van der Waals surface area contributed by atoms with E-state index in [0.717, 1.165) is 39.2 Å². The monoisotopic (exact) mass is 370 g/mol. The number of fused-ring (bicyclic) bond motifs is 1. The van der Waals surface area contributed by atoms with Crippen LogP contribution in [0.5, 0.6) is 0 Å². The van der Waals surface area contributed by atoms with Crippen molar-refractivity contribution in [2.75, 3.05) is 5.32 Å². The van der Waals surface area contributed by atoms with Crippen molar-refractivity contribution in [3.63, 3.8) is 0 Å². The molecule has 0 spiro atoms. The van der Waals surface area contributed by atoms with Crippen LogP contribution < -0.4 is 5.32 Å². The molecule has 5 nitrogen and oxygen atoms in total. The average Bonchev–Trinajstić information content (AvgIpc) is 2.96. The van der Waals surface area contributed by atoms with Gasteiger partial charge < -0.3 is 5.32 Å². The van der Waals surface area contributed by atoms with Gasteiger partial charge in [0.15, 0.2) is 0 Å².